The second-order valence-electron chi connectivity index (χ2n) is 5.57. The SMILES string of the molecule is CCCCCCCCCCC(=O)OC(=O)CCCCCBr. The summed E-state index contributed by atoms with van der Waals surface area (Å²) in [5, 5.41) is 0.958. The van der Waals surface area contributed by atoms with Gasteiger partial charge in [-0.05, 0) is 19.3 Å². The van der Waals surface area contributed by atoms with Gasteiger partial charge in [-0.25, -0.2) is 0 Å². The van der Waals surface area contributed by atoms with Crippen molar-refractivity contribution in [1.29, 1.82) is 0 Å². The van der Waals surface area contributed by atoms with Crippen LogP contribution in [0.4, 0.5) is 0 Å². The Morgan fingerprint density at radius 2 is 1.14 bits per heavy atom. The largest absolute Gasteiger partial charge is 0.393 e. The van der Waals surface area contributed by atoms with Crippen molar-refractivity contribution in [3.8, 4) is 0 Å². The monoisotopic (exact) mass is 362 g/mol. The van der Waals surface area contributed by atoms with Crippen LogP contribution in [0.3, 0.4) is 0 Å². The van der Waals surface area contributed by atoms with Gasteiger partial charge >= 0.3 is 11.9 Å². The standard InChI is InChI=1S/C17H31BrO3/c1-2-3-4-5-6-7-8-10-13-16(19)21-17(20)14-11-9-12-15-18/h2-15H2,1H3. The molecule has 0 spiro atoms. The van der Waals surface area contributed by atoms with Crippen molar-refractivity contribution in [3.63, 3.8) is 0 Å². The molecule has 0 N–H and O–H groups in total. The fraction of sp³-hybridized carbons (Fsp3) is 0.882. The number of hydrogen-bond donors (Lipinski definition) is 0. The van der Waals surface area contributed by atoms with Crippen molar-refractivity contribution in [2.45, 2.75) is 90.4 Å². The number of carbonyl (C=O) groups is 2. The van der Waals surface area contributed by atoms with Crippen LogP contribution in [-0.4, -0.2) is 17.3 Å². The fourth-order valence-corrected chi connectivity index (χ4v) is 2.57. The molecular formula is C17H31BrO3. The van der Waals surface area contributed by atoms with Gasteiger partial charge in [0.1, 0.15) is 0 Å². The second-order valence-corrected chi connectivity index (χ2v) is 6.36. The molecule has 0 radical (unpaired) electrons. The molecule has 0 saturated carbocycles. The lowest BCUT2D eigenvalue weighted by molar-refractivity contribution is -0.159. The Morgan fingerprint density at radius 3 is 1.62 bits per heavy atom. The Labute approximate surface area is 138 Å². The average molecular weight is 363 g/mol. The summed E-state index contributed by atoms with van der Waals surface area (Å²) >= 11 is 3.35. The minimum atomic E-state index is -0.367. The summed E-state index contributed by atoms with van der Waals surface area (Å²) < 4.78 is 4.80. The predicted molar refractivity (Wildman–Crippen MR) is 90.6 cm³/mol. The number of carbonyl (C=O) groups excluding carboxylic acids is 2. The molecule has 0 aliphatic rings. The minimum Gasteiger partial charge on any atom is -0.393 e. The molecule has 0 fully saturated rings. The van der Waals surface area contributed by atoms with Crippen molar-refractivity contribution >= 4 is 27.9 Å². The van der Waals surface area contributed by atoms with E-state index in [1.807, 2.05) is 0 Å². The number of rotatable bonds is 14. The maximum atomic E-state index is 11.5. The van der Waals surface area contributed by atoms with Crippen molar-refractivity contribution in [2.75, 3.05) is 5.33 Å². The van der Waals surface area contributed by atoms with Crippen LogP contribution < -0.4 is 0 Å². The van der Waals surface area contributed by atoms with Crippen LogP contribution in [0.5, 0.6) is 0 Å². The number of esters is 2. The molecule has 0 aromatic carbocycles. The highest BCUT2D eigenvalue weighted by molar-refractivity contribution is 9.09. The number of ether oxygens (including phenoxy) is 1. The Kier molecular flexibility index (Phi) is 15.7. The first-order chi connectivity index (χ1) is 10.2. The number of hydrogen-bond acceptors (Lipinski definition) is 3. The highest BCUT2D eigenvalue weighted by atomic mass is 79.9. The highest BCUT2D eigenvalue weighted by Crippen LogP contribution is 2.10. The highest BCUT2D eigenvalue weighted by Gasteiger charge is 2.09. The number of unbranched alkanes of at least 4 members (excludes halogenated alkanes) is 9. The van der Waals surface area contributed by atoms with Crippen molar-refractivity contribution in [2.24, 2.45) is 0 Å². The topological polar surface area (TPSA) is 43.4 Å². The van der Waals surface area contributed by atoms with E-state index in [9.17, 15) is 9.59 Å². The summed E-state index contributed by atoms with van der Waals surface area (Å²) in [6, 6.07) is 0. The molecule has 0 heterocycles. The molecule has 0 aromatic heterocycles. The zero-order chi connectivity index (χ0) is 15.8. The van der Waals surface area contributed by atoms with E-state index in [4.69, 9.17) is 4.74 Å². The van der Waals surface area contributed by atoms with E-state index in [-0.39, 0.29) is 11.9 Å². The first kappa shape index (κ1) is 20.6. The van der Waals surface area contributed by atoms with Gasteiger partial charge in [0.25, 0.3) is 0 Å². The van der Waals surface area contributed by atoms with Crippen molar-refractivity contribution in [1.82, 2.24) is 0 Å². The van der Waals surface area contributed by atoms with E-state index < -0.39 is 0 Å². The van der Waals surface area contributed by atoms with Crippen molar-refractivity contribution < 1.29 is 14.3 Å². The van der Waals surface area contributed by atoms with Crippen LogP contribution in [0.1, 0.15) is 90.4 Å². The van der Waals surface area contributed by atoms with Gasteiger partial charge in [-0.3, -0.25) is 9.59 Å². The van der Waals surface area contributed by atoms with Crippen LogP contribution in [0.25, 0.3) is 0 Å². The molecule has 0 aromatic rings. The van der Waals surface area contributed by atoms with Gasteiger partial charge in [0.2, 0.25) is 0 Å². The second kappa shape index (κ2) is 16.0. The molecule has 0 aliphatic heterocycles. The summed E-state index contributed by atoms with van der Waals surface area (Å²) in [5.41, 5.74) is 0. The lowest BCUT2D eigenvalue weighted by Gasteiger charge is -2.03. The van der Waals surface area contributed by atoms with E-state index in [0.717, 1.165) is 37.4 Å². The van der Waals surface area contributed by atoms with E-state index in [0.29, 0.717) is 12.8 Å². The molecule has 124 valence electrons. The third kappa shape index (κ3) is 15.8. The molecule has 21 heavy (non-hydrogen) atoms. The van der Waals surface area contributed by atoms with Crippen LogP contribution in [-0.2, 0) is 14.3 Å². The lowest BCUT2D eigenvalue weighted by Crippen LogP contribution is -2.11. The smallest absolute Gasteiger partial charge is 0.313 e. The summed E-state index contributed by atoms with van der Waals surface area (Å²) in [5.74, 6) is -0.722. The fourth-order valence-electron chi connectivity index (χ4n) is 2.17. The van der Waals surface area contributed by atoms with Crippen LogP contribution >= 0.6 is 15.9 Å². The molecule has 0 amide bonds. The molecular weight excluding hydrogens is 332 g/mol. The number of alkyl halides is 1. The zero-order valence-electron chi connectivity index (χ0n) is 13.5. The average Bonchev–Trinajstić information content (AvgIpc) is 2.46. The van der Waals surface area contributed by atoms with Crippen molar-refractivity contribution in [3.05, 3.63) is 0 Å². The quantitative estimate of drug-likeness (QED) is 0.176. The third-order valence-corrected chi connectivity index (χ3v) is 4.04. The summed E-state index contributed by atoms with van der Waals surface area (Å²) in [6.45, 7) is 2.22. The van der Waals surface area contributed by atoms with E-state index in [1.165, 1.54) is 38.5 Å². The van der Waals surface area contributed by atoms with Gasteiger partial charge in [0, 0.05) is 18.2 Å². The van der Waals surface area contributed by atoms with Crippen LogP contribution in [0, 0.1) is 0 Å². The molecule has 0 atom stereocenters. The van der Waals surface area contributed by atoms with Gasteiger partial charge < -0.3 is 4.74 Å². The molecule has 4 heteroatoms. The Balaban J connectivity index is 3.35. The summed E-state index contributed by atoms with van der Waals surface area (Å²) in [7, 11) is 0. The summed E-state index contributed by atoms with van der Waals surface area (Å²) in [4.78, 5) is 22.9. The lowest BCUT2D eigenvalue weighted by atomic mass is 10.1. The van der Waals surface area contributed by atoms with Gasteiger partial charge in [-0.15, -0.1) is 0 Å². The van der Waals surface area contributed by atoms with Crippen LogP contribution in [0.15, 0.2) is 0 Å². The molecule has 0 saturated heterocycles. The Bertz CT molecular complexity index is 267. The normalized spacial score (nSPS) is 10.6. The van der Waals surface area contributed by atoms with E-state index in [1.54, 1.807) is 0 Å². The first-order valence-electron chi connectivity index (χ1n) is 8.50. The zero-order valence-corrected chi connectivity index (χ0v) is 15.1. The van der Waals surface area contributed by atoms with Gasteiger partial charge in [-0.1, -0.05) is 74.2 Å². The first-order valence-corrected chi connectivity index (χ1v) is 9.62. The molecule has 3 nitrogen and oxygen atoms in total. The third-order valence-electron chi connectivity index (χ3n) is 3.48. The van der Waals surface area contributed by atoms with E-state index in [2.05, 4.69) is 22.9 Å². The van der Waals surface area contributed by atoms with E-state index >= 15 is 0 Å². The molecule has 0 unspecified atom stereocenters. The maximum absolute atomic E-state index is 11.5. The summed E-state index contributed by atoms with van der Waals surface area (Å²) in [6.07, 6.45) is 13.1. The molecule has 0 aliphatic carbocycles. The Morgan fingerprint density at radius 1 is 0.714 bits per heavy atom. The molecule has 0 bridgehead atoms. The van der Waals surface area contributed by atoms with Gasteiger partial charge in [-0.2, -0.15) is 0 Å². The minimum absolute atomic E-state index is 0.355. The van der Waals surface area contributed by atoms with Gasteiger partial charge in [0.05, 0.1) is 0 Å². The van der Waals surface area contributed by atoms with Crippen LogP contribution in [0.2, 0.25) is 0 Å². The number of halogens is 1. The predicted octanol–water partition coefficient (Wildman–Crippen LogP) is 5.54. The van der Waals surface area contributed by atoms with Gasteiger partial charge in [0.15, 0.2) is 0 Å². The maximum Gasteiger partial charge on any atom is 0.313 e. The Hall–Kier alpha value is -0.380. The molecule has 0 rings (SSSR count).